The molecule has 1 heterocycles. The average Bonchev–Trinajstić information content (AvgIpc) is 3.32. The standard InChI is InChI=1S/C16H19F3N4O3.C14H16BrF3O3/c1-10-20-22-23(21-10)8-11-7-12(16(17,18)19)5-6-13(11)25-9-14(24)26-15(2,3)4;1-13(2,3)21-12(19)8-20-11-5-4-10(14(16,17)18)6-9(11)7-15/h5-7H,8-9H2,1-4H3;4-6H,7-8H2,1-3H3. The van der Waals surface area contributed by atoms with Crippen LogP contribution in [0, 0.1) is 6.92 Å². The van der Waals surface area contributed by atoms with E-state index in [4.69, 9.17) is 18.9 Å². The summed E-state index contributed by atoms with van der Waals surface area (Å²) in [6.45, 7) is 11.0. The Kier molecular flexibility index (Phi) is 13.2. The maximum absolute atomic E-state index is 13.0. The van der Waals surface area contributed by atoms with Gasteiger partial charge in [0.25, 0.3) is 0 Å². The van der Waals surface area contributed by atoms with Gasteiger partial charge in [0.15, 0.2) is 19.0 Å². The van der Waals surface area contributed by atoms with Crippen molar-refractivity contribution in [2.24, 2.45) is 0 Å². The largest absolute Gasteiger partial charge is 0.482 e. The summed E-state index contributed by atoms with van der Waals surface area (Å²) in [5.41, 5.74) is -2.45. The van der Waals surface area contributed by atoms with Gasteiger partial charge >= 0.3 is 24.3 Å². The lowest BCUT2D eigenvalue weighted by Gasteiger charge is -2.20. The number of ether oxygens (including phenoxy) is 4. The van der Waals surface area contributed by atoms with E-state index in [2.05, 4.69) is 31.3 Å². The first kappa shape index (κ1) is 39.3. The third-order valence-corrected chi connectivity index (χ3v) is 5.92. The van der Waals surface area contributed by atoms with Crippen LogP contribution >= 0.6 is 15.9 Å². The van der Waals surface area contributed by atoms with E-state index in [-0.39, 0.29) is 35.5 Å². The molecule has 0 bridgehead atoms. The van der Waals surface area contributed by atoms with Crippen LogP contribution in [0.3, 0.4) is 0 Å². The van der Waals surface area contributed by atoms with E-state index in [1.54, 1.807) is 48.5 Å². The number of aromatic nitrogens is 4. The molecular weight excluding hydrogens is 706 g/mol. The third-order valence-electron chi connectivity index (χ3n) is 5.32. The minimum atomic E-state index is -4.51. The van der Waals surface area contributed by atoms with Crippen LogP contribution in [0.4, 0.5) is 26.3 Å². The van der Waals surface area contributed by atoms with Crippen LogP contribution in [-0.2, 0) is 43.3 Å². The second kappa shape index (κ2) is 15.8. The number of benzene rings is 2. The van der Waals surface area contributed by atoms with E-state index in [1.807, 2.05) is 0 Å². The minimum absolute atomic E-state index is 0.0889. The normalized spacial score (nSPS) is 12.1. The SMILES string of the molecule is CC(C)(C)OC(=O)COc1ccc(C(F)(F)F)cc1CBr.Cc1nnn(Cc2cc(C(F)(F)F)ccc2OCC(=O)OC(C)(C)C)n1. The molecule has 0 aliphatic rings. The lowest BCUT2D eigenvalue weighted by atomic mass is 10.1. The van der Waals surface area contributed by atoms with Gasteiger partial charge in [-0.05, 0) is 90.1 Å². The van der Waals surface area contributed by atoms with Crippen LogP contribution in [-0.4, -0.2) is 56.6 Å². The molecule has 0 unspecified atom stereocenters. The maximum atomic E-state index is 13.0. The number of alkyl halides is 7. The van der Waals surface area contributed by atoms with Crippen LogP contribution in [0.1, 0.15) is 69.6 Å². The van der Waals surface area contributed by atoms with Crippen molar-refractivity contribution in [1.82, 2.24) is 20.2 Å². The number of tetrazole rings is 1. The van der Waals surface area contributed by atoms with Gasteiger partial charge in [-0.1, -0.05) is 15.9 Å². The average molecular weight is 742 g/mol. The zero-order valence-corrected chi connectivity index (χ0v) is 28.3. The first-order valence-electron chi connectivity index (χ1n) is 13.9. The van der Waals surface area contributed by atoms with Gasteiger partial charge in [-0.3, -0.25) is 0 Å². The summed E-state index contributed by atoms with van der Waals surface area (Å²) in [7, 11) is 0. The summed E-state index contributed by atoms with van der Waals surface area (Å²) in [5, 5.41) is 11.5. The molecule has 260 valence electrons. The first-order chi connectivity index (χ1) is 21.5. The summed E-state index contributed by atoms with van der Waals surface area (Å²) in [5.74, 6) is -0.501. The predicted molar refractivity (Wildman–Crippen MR) is 160 cm³/mol. The summed E-state index contributed by atoms with van der Waals surface area (Å²) in [4.78, 5) is 24.4. The van der Waals surface area contributed by atoms with E-state index in [1.165, 1.54) is 6.07 Å². The van der Waals surface area contributed by atoms with Crippen molar-refractivity contribution >= 4 is 27.9 Å². The number of hydrogen-bond donors (Lipinski definition) is 0. The van der Waals surface area contributed by atoms with Gasteiger partial charge in [0.2, 0.25) is 0 Å². The molecule has 0 N–H and O–H groups in total. The van der Waals surface area contributed by atoms with Crippen LogP contribution in [0.25, 0.3) is 0 Å². The number of hydrogen-bond acceptors (Lipinski definition) is 9. The molecule has 0 radical (unpaired) electrons. The van der Waals surface area contributed by atoms with E-state index >= 15 is 0 Å². The van der Waals surface area contributed by atoms with Crippen molar-refractivity contribution in [3.8, 4) is 11.5 Å². The monoisotopic (exact) mass is 740 g/mol. The van der Waals surface area contributed by atoms with Crippen molar-refractivity contribution in [2.75, 3.05) is 13.2 Å². The second-order valence-corrected chi connectivity index (χ2v) is 12.5. The Hall–Kier alpha value is -3.89. The van der Waals surface area contributed by atoms with Crippen LogP contribution < -0.4 is 9.47 Å². The molecule has 10 nitrogen and oxygen atoms in total. The van der Waals surface area contributed by atoms with Gasteiger partial charge in [-0.15, -0.1) is 10.2 Å². The van der Waals surface area contributed by atoms with Gasteiger partial charge in [0.05, 0.1) is 17.7 Å². The molecule has 1 aromatic heterocycles. The molecule has 0 fully saturated rings. The van der Waals surface area contributed by atoms with E-state index < -0.39 is 53.2 Å². The molecule has 3 aromatic rings. The molecule has 2 aromatic carbocycles. The fraction of sp³-hybridized carbons (Fsp3) is 0.500. The number of halogens is 7. The molecule has 0 amide bonds. The number of carbonyl (C=O) groups excluding carboxylic acids is 2. The van der Waals surface area contributed by atoms with E-state index in [9.17, 15) is 35.9 Å². The molecule has 0 aliphatic heterocycles. The molecule has 47 heavy (non-hydrogen) atoms. The minimum Gasteiger partial charge on any atom is -0.482 e. The highest BCUT2D eigenvalue weighted by Gasteiger charge is 2.32. The van der Waals surface area contributed by atoms with E-state index in [0.29, 0.717) is 11.4 Å². The number of esters is 2. The van der Waals surface area contributed by atoms with Gasteiger partial charge in [0.1, 0.15) is 22.7 Å². The number of nitrogens with zero attached hydrogens (tertiary/aromatic N) is 4. The first-order valence-corrected chi connectivity index (χ1v) is 15.0. The highest BCUT2D eigenvalue weighted by atomic mass is 79.9. The van der Waals surface area contributed by atoms with Crippen molar-refractivity contribution in [3.63, 3.8) is 0 Å². The Morgan fingerprint density at radius 3 is 1.53 bits per heavy atom. The highest BCUT2D eigenvalue weighted by Crippen LogP contribution is 2.34. The molecule has 17 heteroatoms. The van der Waals surface area contributed by atoms with E-state index in [0.717, 1.165) is 35.1 Å². The Bertz CT molecular complexity index is 1510. The molecule has 0 spiro atoms. The van der Waals surface area contributed by atoms with Gasteiger partial charge < -0.3 is 18.9 Å². The van der Waals surface area contributed by atoms with Gasteiger partial charge in [0, 0.05) is 16.5 Å². The zero-order valence-electron chi connectivity index (χ0n) is 26.7. The smallest absolute Gasteiger partial charge is 0.416 e. The fourth-order valence-corrected chi connectivity index (χ4v) is 4.02. The summed E-state index contributed by atoms with van der Waals surface area (Å²) < 4.78 is 97.5. The molecule has 0 atom stereocenters. The van der Waals surface area contributed by atoms with Crippen LogP contribution in [0.15, 0.2) is 36.4 Å². The van der Waals surface area contributed by atoms with Crippen LogP contribution in [0.2, 0.25) is 0 Å². The maximum Gasteiger partial charge on any atom is 0.416 e. The molecule has 3 rings (SSSR count). The Balaban J connectivity index is 0.000000335. The van der Waals surface area contributed by atoms with Crippen molar-refractivity contribution < 1.29 is 54.9 Å². The zero-order chi connectivity index (χ0) is 35.8. The van der Waals surface area contributed by atoms with Crippen molar-refractivity contribution in [3.05, 3.63) is 64.5 Å². The Morgan fingerprint density at radius 1 is 0.745 bits per heavy atom. The summed E-state index contributed by atoms with van der Waals surface area (Å²) in [6.07, 6.45) is -8.93. The molecule has 0 saturated heterocycles. The van der Waals surface area contributed by atoms with Gasteiger partial charge in [-0.25, -0.2) is 9.59 Å². The van der Waals surface area contributed by atoms with Crippen molar-refractivity contribution in [1.29, 1.82) is 0 Å². The van der Waals surface area contributed by atoms with Crippen molar-refractivity contribution in [2.45, 2.75) is 83.9 Å². The quantitative estimate of drug-likeness (QED) is 0.129. The number of aryl methyl sites for hydroxylation is 1. The Labute approximate surface area is 275 Å². The highest BCUT2D eigenvalue weighted by molar-refractivity contribution is 9.08. The fourth-order valence-electron chi connectivity index (χ4n) is 3.58. The second-order valence-electron chi connectivity index (χ2n) is 11.9. The van der Waals surface area contributed by atoms with Crippen LogP contribution in [0.5, 0.6) is 11.5 Å². The van der Waals surface area contributed by atoms with Gasteiger partial charge in [-0.2, -0.15) is 31.1 Å². The molecular formula is C30H35BrF6N4O6. The Morgan fingerprint density at radius 2 is 1.17 bits per heavy atom. The summed E-state index contributed by atoms with van der Waals surface area (Å²) >= 11 is 3.10. The predicted octanol–water partition coefficient (Wildman–Crippen LogP) is 7.09. The summed E-state index contributed by atoms with van der Waals surface area (Å²) in [6, 6.07) is 6.07. The lowest BCUT2D eigenvalue weighted by molar-refractivity contribution is -0.158. The topological polar surface area (TPSA) is 115 Å². The lowest BCUT2D eigenvalue weighted by Crippen LogP contribution is -2.27. The molecule has 0 aliphatic carbocycles. The molecule has 0 saturated carbocycles. The third kappa shape index (κ3) is 14.2. The number of rotatable bonds is 9. The number of carbonyl (C=O) groups is 2.